The number of rotatable bonds is 4. The maximum Gasteiger partial charge on any atom is 0.107 e. The fourth-order valence-electron chi connectivity index (χ4n) is 3.09. The van der Waals surface area contributed by atoms with E-state index < -0.39 is 0 Å². The van der Waals surface area contributed by atoms with Gasteiger partial charge in [-0.2, -0.15) is 5.26 Å². The van der Waals surface area contributed by atoms with Crippen molar-refractivity contribution >= 4 is 0 Å². The van der Waals surface area contributed by atoms with Gasteiger partial charge in [0.2, 0.25) is 0 Å². The first kappa shape index (κ1) is 12.9. The van der Waals surface area contributed by atoms with Gasteiger partial charge in [-0.25, -0.2) is 0 Å². The van der Waals surface area contributed by atoms with Gasteiger partial charge in [0.15, 0.2) is 0 Å². The van der Waals surface area contributed by atoms with Gasteiger partial charge in [0.05, 0.1) is 6.07 Å². The van der Waals surface area contributed by atoms with Crippen LogP contribution in [0.5, 0.6) is 0 Å². The molecule has 0 spiro atoms. The molecule has 1 N–H and O–H groups in total. The molecule has 0 atom stereocenters. The molecular weight excluding hydrogens is 208 g/mol. The lowest BCUT2D eigenvalue weighted by Crippen LogP contribution is -2.49. The molecule has 0 aromatic heterocycles. The molecule has 0 aliphatic heterocycles. The molecule has 0 unspecified atom stereocenters. The molecule has 2 saturated carbocycles. The third kappa shape index (κ3) is 2.83. The molecule has 2 aliphatic rings. The van der Waals surface area contributed by atoms with Crippen molar-refractivity contribution in [1.29, 1.82) is 5.26 Å². The Kier molecular flexibility index (Phi) is 3.50. The SMILES string of the molecule is CCC(C)(C)C1CCC(C#N)(NC2CC2)CC1. The number of nitrogens with zero attached hydrogens (tertiary/aromatic N) is 1. The predicted molar refractivity (Wildman–Crippen MR) is 70.5 cm³/mol. The molecule has 2 nitrogen and oxygen atoms in total. The van der Waals surface area contributed by atoms with E-state index in [1.54, 1.807) is 0 Å². The predicted octanol–water partition coefficient (Wildman–Crippen LogP) is 3.63. The van der Waals surface area contributed by atoms with Crippen LogP contribution in [0.4, 0.5) is 0 Å². The first-order chi connectivity index (χ1) is 8.01. The van der Waals surface area contributed by atoms with Crippen LogP contribution in [0.1, 0.15) is 65.7 Å². The fourth-order valence-corrected chi connectivity index (χ4v) is 3.09. The van der Waals surface area contributed by atoms with Crippen molar-refractivity contribution in [1.82, 2.24) is 5.32 Å². The lowest BCUT2D eigenvalue weighted by Gasteiger charge is -2.42. The van der Waals surface area contributed by atoms with Crippen molar-refractivity contribution in [2.75, 3.05) is 0 Å². The summed E-state index contributed by atoms with van der Waals surface area (Å²) in [6.07, 6.45) is 8.32. The van der Waals surface area contributed by atoms with E-state index in [2.05, 4.69) is 32.2 Å². The van der Waals surface area contributed by atoms with Gasteiger partial charge in [-0.1, -0.05) is 27.2 Å². The molecule has 0 radical (unpaired) electrons. The van der Waals surface area contributed by atoms with Crippen LogP contribution in [-0.2, 0) is 0 Å². The Hall–Kier alpha value is -0.550. The first-order valence-electron chi connectivity index (χ1n) is 7.20. The summed E-state index contributed by atoms with van der Waals surface area (Å²) < 4.78 is 0. The van der Waals surface area contributed by atoms with Crippen LogP contribution in [-0.4, -0.2) is 11.6 Å². The zero-order valence-corrected chi connectivity index (χ0v) is 11.6. The third-order valence-corrected chi connectivity index (χ3v) is 5.13. The largest absolute Gasteiger partial charge is 0.297 e. The summed E-state index contributed by atoms with van der Waals surface area (Å²) in [4.78, 5) is 0. The number of hydrogen-bond acceptors (Lipinski definition) is 2. The minimum atomic E-state index is -0.193. The van der Waals surface area contributed by atoms with Crippen LogP contribution in [0.2, 0.25) is 0 Å². The molecule has 0 aromatic rings. The van der Waals surface area contributed by atoms with Gasteiger partial charge in [-0.05, 0) is 49.9 Å². The molecule has 96 valence electrons. The molecule has 17 heavy (non-hydrogen) atoms. The summed E-state index contributed by atoms with van der Waals surface area (Å²) in [5.41, 5.74) is 0.253. The fraction of sp³-hybridized carbons (Fsp3) is 0.933. The van der Waals surface area contributed by atoms with E-state index in [0.717, 1.165) is 18.8 Å². The third-order valence-electron chi connectivity index (χ3n) is 5.13. The lowest BCUT2D eigenvalue weighted by atomic mass is 9.66. The Morgan fingerprint density at radius 3 is 2.24 bits per heavy atom. The maximum atomic E-state index is 9.45. The molecule has 2 rings (SSSR count). The Bertz CT molecular complexity index is 301. The van der Waals surface area contributed by atoms with Crippen LogP contribution < -0.4 is 5.32 Å². The van der Waals surface area contributed by atoms with E-state index in [0.29, 0.717) is 11.5 Å². The molecule has 2 aliphatic carbocycles. The van der Waals surface area contributed by atoms with Gasteiger partial charge in [0.25, 0.3) is 0 Å². The van der Waals surface area contributed by atoms with Gasteiger partial charge in [-0.15, -0.1) is 0 Å². The van der Waals surface area contributed by atoms with Crippen LogP contribution in [0, 0.1) is 22.7 Å². The summed E-state index contributed by atoms with van der Waals surface area (Å²) in [5.74, 6) is 0.801. The van der Waals surface area contributed by atoms with Crippen molar-refractivity contribution in [2.24, 2.45) is 11.3 Å². The van der Waals surface area contributed by atoms with E-state index in [9.17, 15) is 5.26 Å². The Labute approximate surface area is 106 Å². The molecule has 0 amide bonds. The monoisotopic (exact) mass is 234 g/mol. The van der Waals surface area contributed by atoms with Crippen molar-refractivity contribution < 1.29 is 0 Å². The standard InChI is InChI=1S/C15H26N2/c1-4-14(2,3)12-7-9-15(11-16,10-8-12)17-13-5-6-13/h12-13,17H,4-10H2,1-3H3. The highest BCUT2D eigenvalue weighted by atomic mass is 15.0. The van der Waals surface area contributed by atoms with E-state index in [4.69, 9.17) is 0 Å². The molecule has 0 saturated heterocycles. The Morgan fingerprint density at radius 2 is 1.82 bits per heavy atom. The molecule has 0 heterocycles. The van der Waals surface area contributed by atoms with E-state index in [1.165, 1.54) is 32.1 Å². The van der Waals surface area contributed by atoms with E-state index >= 15 is 0 Å². The van der Waals surface area contributed by atoms with Gasteiger partial charge in [0.1, 0.15) is 5.54 Å². The lowest BCUT2D eigenvalue weighted by molar-refractivity contribution is 0.118. The quantitative estimate of drug-likeness (QED) is 0.806. The minimum absolute atomic E-state index is 0.193. The van der Waals surface area contributed by atoms with Crippen LogP contribution in [0.15, 0.2) is 0 Å². The van der Waals surface area contributed by atoms with E-state index in [-0.39, 0.29) is 5.54 Å². The van der Waals surface area contributed by atoms with Crippen molar-refractivity contribution in [2.45, 2.75) is 77.3 Å². The molecular formula is C15H26N2. The van der Waals surface area contributed by atoms with Gasteiger partial charge in [0, 0.05) is 6.04 Å². The van der Waals surface area contributed by atoms with Crippen LogP contribution in [0.3, 0.4) is 0 Å². The summed E-state index contributed by atoms with van der Waals surface area (Å²) in [6, 6.07) is 3.21. The molecule has 2 fully saturated rings. The minimum Gasteiger partial charge on any atom is -0.297 e. The van der Waals surface area contributed by atoms with Crippen molar-refractivity contribution in [3.8, 4) is 6.07 Å². The van der Waals surface area contributed by atoms with Crippen LogP contribution in [0.25, 0.3) is 0 Å². The summed E-state index contributed by atoms with van der Waals surface area (Å²) in [6.45, 7) is 7.05. The highest BCUT2D eigenvalue weighted by Crippen LogP contribution is 2.44. The zero-order chi connectivity index (χ0) is 12.5. The van der Waals surface area contributed by atoms with Gasteiger partial charge in [-0.3, -0.25) is 5.32 Å². The summed E-state index contributed by atoms with van der Waals surface area (Å²) >= 11 is 0. The average molecular weight is 234 g/mol. The molecule has 0 aromatic carbocycles. The summed E-state index contributed by atoms with van der Waals surface area (Å²) in [7, 11) is 0. The molecule has 0 bridgehead atoms. The van der Waals surface area contributed by atoms with Crippen molar-refractivity contribution in [3.05, 3.63) is 0 Å². The second-order valence-corrected chi connectivity index (χ2v) is 6.73. The Balaban J connectivity index is 1.93. The van der Waals surface area contributed by atoms with Gasteiger partial charge < -0.3 is 0 Å². The first-order valence-corrected chi connectivity index (χ1v) is 7.20. The highest BCUT2D eigenvalue weighted by molar-refractivity contribution is 5.12. The average Bonchev–Trinajstić information content (AvgIpc) is 3.13. The van der Waals surface area contributed by atoms with Crippen molar-refractivity contribution in [3.63, 3.8) is 0 Å². The smallest absolute Gasteiger partial charge is 0.107 e. The highest BCUT2D eigenvalue weighted by Gasteiger charge is 2.42. The second kappa shape index (κ2) is 4.61. The molecule has 2 heteroatoms. The number of nitriles is 1. The second-order valence-electron chi connectivity index (χ2n) is 6.73. The number of hydrogen-bond donors (Lipinski definition) is 1. The number of nitrogens with one attached hydrogen (secondary N) is 1. The maximum absolute atomic E-state index is 9.45. The zero-order valence-electron chi connectivity index (χ0n) is 11.6. The van der Waals surface area contributed by atoms with E-state index in [1.807, 2.05) is 0 Å². The normalized spacial score (nSPS) is 34.4. The topological polar surface area (TPSA) is 35.8 Å². The van der Waals surface area contributed by atoms with Gasteiger partial charge >= 0.3 is 0 Å². The Morgan fingerprint density at radius 1 is 1.24 bits per heavy atom. The van der Waals surface area contributed by atoms with Crippen LogP contribution >= 0.6 is 0 Å². The summed E-state index contributed by atoms with van der Waals surface area (Å²) in [5, 5.41) is 13.0.